The van der Waals surface area contributed by atoms with E-state index in [1.54, 1.807) is 4.90 Å². The van der Waals surface area contributed by atoms with Gasteiger partial charge in [0.1, 0.15) is 19.1 Å². The molecule has 0 radical (unpaired) electrons. The molecule has 1 heterocycles. The Morgan fingerprint density at radius 2 is 1.65 bits per heavy atom. The molecule has 3 N–H and O–H groups in total. The lowest BCUT2D eigenvalue weighted by molar-refractivity contribution is -0.940. The van der Waals surface area contributed by atoms with Crippen LogP contribution in [-0.4, -0.2) is 37.5 Å². The van der Waals surface area contributed by atoms with Crippen LogP contribution in [0, 0.1) is 0 Å². The maximum atomic E-state index is 5.55. The van der Waals surface area contributed by atoms with E-state index < -0.39 is 0 Å². The third kappa shape index (κ3) is 5.27. The van der Waals surface area contributed by atoms with Crippen molar-refractivity contribution in [2.24, 2.45) is 0 Å². The van der Waals surface area contributed by atoms with Gasteiger partial charge in [-0.1, -0.05) is 60.7 Å². The van der Waals surface area contributed by atoms with Crippen molar-refractivity contribution in [3.63, 3.8) is 0 Å². The Kier molecular flexibility index (Phi) is 7.00. The quantitative estimate of drug-likeness (QED) is 0.677. The standard InChI is InChI=1S/C21H27N3OS/c1-17(23-21(26)22-16-18-8-4-2-5-9-18)20(19-10-6-3-7-11-19)24-12-14-25-15-13-24/h2-11,17,20H,12-16H2,1H3,(H2,22,23,26)/p+1/t17-,20+/m0/s1. The highest BCUT2D eigenvalue weighted by Gasteiger charge is 2.31. The Labute approximate surface area is 161 Å². The molecule has 0 spiro atoms. The molecule has 0 saturated carbocycles. The lowest BCUT2D eigenvalue weighted by Crippen LogP contribution is -3.15. The molecule has 1 aliphatic rings. The second-order valence-electron chi connectivity index (χ2n) is 6.76. The zero-order valence-electron chi connectivity index (χ0n) is 15.3. The van der Waals surface area contributed by atoms with Crippen LogP contribution in [0.3, 0.4) is 0 Å². The first-order chi connectivity index (χ1) is 12.7. The third-order valence-corrected chi connectivity index (χ3v) is 5.15. The topological polar surface area (TPSA) is 37.7 Å². The molecule has 3 rings (SSSR count). The van der Waals surface area contributed by atoms with Crippen LogP contribution in [0.15, 0.2) is 60.7 Å². The van der Waals surface area contributed by atoms with Crippen LogP contribution in [0.4, 0.5) is 0 Å². The number of hydrogen-bond acceptors (Lipinski definition) is 2. The Bertz CT molecular complexity index is 674. The molecule has 138 valence electrons. The number of benzene rings is 2. The van der Waals surface area contributed by atoms with Crippen LogP contribution >= 0.6 is 12.2 Å². The number of ether oxygens (including phenoxy) is 1. The zero-order chi connectivity index (χ0) is 18.2. The van der Waals surface area contributed by atoms with Gasteiger partial charge in [-0.05, 0) is 24.7 Å². The summed E-state index contributed by atoms with van der Waals surface area (Å²) in [5, 5.41) is 7.53. The van der Waals surface area contributed by atoms with E-state index in [1.165, 1.54) is 11.1 Å². The van der Waals surface area contributed by atoms with Gasteiger partial charge in [0.15, 0.2) is 5.11 Å². The van der Waals surface area contributed by atoms with Crippen molar-refractivity contribution in [1.29, 1.82) is 0 Å². The highest BCUT2D eigenvalue weighted by atomic mass is 32.1. The number of nitrogens with one attached hydrogen (secondary N) is 3. The Morgan fingerprint density at radius 1 is 1.04 bits per heavy atom. The van der Waals surface area contributed by atoms with E-state index in [1.807, 2.05) is 18.2 Å². The van der Waals surface area contributed by atoms with E-state index in [4.69, 9.17) is 17.0 Å². The second kappa shape index (κ2) is 9.67. The van der Waals surface area contributed by atoms with Crippen molar-refractivity contribution in [3.8, 4) is 0 Å². The van der Waals surface area contributed by atoms with Crippen molar-refractivity contribution in [2.75, 3.05) is 26.3 Å². The maximum Gasteiger partial charge on any atom is 0.167 e. The number of thiocarbonyl (C=S) groups is 1. The Hall–Kier alpha value is -1.95. The normalized spacial score (nSPS) is 17.3. The molecule has 2 atom stereocenters. The van der Waals surface area contributed by atoms with Crippen LogP contribution < -0.4 is 15.5 Å². The molecule has 0 aromatic heterocycles. The lowest BCUT2D eigenvalue weighted by Gasteiger charge is -2.35. The molecule has 26 heavy (non-hydrogen) atoms. The lowest BCUT2D eigenvalue weighted by atomic mass is 9.98. The van der Waals surface area contributed by atoms with Crippen molar-refractivity contribution < 1.29 is 9.64 Å². The fourth-order valence-electron chi connectivity index (χ4n) is 3.60. The first-order valence-corrected chi connectivity index (χ1v) is 9.70. The summed E-state index contributed by atoms with van der Waals surface area (Å²) in [7, 11) is 0. The minimum Gasteiger partial charge on any atom is -0.370 e. The molecule has 0 unspecified atom stereocenters. The molecule has 5 heteroatoms. The fourth-order valence-corrected chi connectivity index (χ4v) is 3.86. The summed E-state index contributed by atoms with van der Waals surface area (Å²) >= 11 is 5.54. The van der Waals surface area contributed by atoms with Crippen LogP contribution in [0.25, 0.3) is 0 Å². The molecular weight excluding hydrogens is 342 g/mol. The van der Waals surface area contributed by atoms with Crippen molar-refractivity contribution in [2.45, 2.75) is 25.6 Å². The Morgan fingerprint density at radius 3 is 2.31 bits per heavy atom. The molecule has 0 bridgehead atoms. The molecule has 4 nitrogen and oxygen atoms in total. The molecular formula is C21H28N3OS+. The summed E-state index contributed by atoms with van der Waals surface area (Å²) in [5.41, 5.74) is 2.57. The van der Waals surface area contributed by atoms with Gasteiger partial charge in [-0.25, -0.2) is 0 Å². The van der Waals surface area contributed by atoms with Gasteiger partial charge in [0.25, 0.3) is 0 Å². The predicted molar refractivity (Wildman–Crippen MR) is 109 cm³/mol. The van der Waals surface area contributed by atoms with Gasteiger partial charge < -0.3 is 20.3 Å². The summed E-state index contributed by atoms with van der Waals surface area (Å²) in [6.45, 7) is 6.65. The van der Waals surface area contributed by atoms with E-state index in [2.05, 4.69) is 60.0 Å². The molecule has 1 fully saturated rings. The van der Waals surface area contributed by atoms with Gasteiger partial charge in [-0.15, -0.1) is 0 Å². The average Bonchev–Trinajstić information content (AvgIpc) is 2.69. The average molecular weight is 371 g/mol. The van der Waals surface area contributed by atoms with Crippen LogP contribution in [-0.2, 0) is 11.3 Å². The first-order valence-electron chi connectivity index (χ1n) is 9.29. The molecule has 0 amide bonds. The van der Waals surface area contributed by atoms with Crippen LogP contribution in [0.1, 0.15) is 24.1 Å². The summed E-state index contributed by atoms with van der Waals surface area (Å²) < 4.78 is 5.55. The van der Waals surface area contributed by atoms with Crippen molar-refractivity contribution in [1.82, 2.24) is 10.6 Å². The van der Waals surface area contributed by atoms with Gasteiger partial charge in [-0.3, -0.25) is 0 Å². The van der Waals surface area contributed by atoms with E-state index in [0.717, 1.165) is 32.8 Å². The number of morpholine rings is 1. The monoisotopic (exact) mass is 370 g/mol. The molecule has 1 saturated heterocycles. The van der Waals surface area contributed by atoms with E-state index in [0.29, 0.717) is 11.2 Å². The van der Waals surface area contributed by atoms with Gasteiger partial charge in [0.2, 0.25) is 0 Å². The van der Waals surface area contributed by atoms with E-state index in [-0.39, 0.29) is 6.04 Å². The zero-order valence-corrected chi connectivity index (χ0v) is 16.1. The molecule has 1 aliphatic heterocycles. The predicted octanol–water partition coefficient (Wildman–Crippen LogP) is 1.70. The summed E-state index contributed by atoms with van der Waals surface area (Å²) in [6, 6.07) is 21.6. The van der Waals surface area contributed by atoms with Crippen LogP contribution in [0.2, 0.25) is 0 Å². The highest BCUT2D eigenvalue weighted by Crippen LogP contribution is 2.14. The largest absolute Gasteiger partial charge is 0.370 e. The summed E-state index contributed by atoms with van der Waals surface area (Å²) in [6.07, 6.45) is 0. The van der Waals surface area contributed by atoms with Crippen molar-refractivity contribution >= 4 is 17.3 Å². The third-order valence-electron chi connectivity index (χ3n) is 4.89. The second-order valence-corrected chi connectivity index (χ2v) is 7.17. The minimum absolute atomic E-state index is 0.223. The van der Waals surface area contributed by atoms with E-state index >= 15 is 0 Å². The molecule has 2 aromatic carbocycles. The SMILES string of the molecule is C[C@H](NC(=S)NCc1ccccc1)[C@H](c1ccccc1)[NH+]1CCOCC1. The van der Waals surface area contributed by atoms with E-state index in [9.17, 15) is 0 Å². The van der Waals surface area contributed by atoms with Gasteiger partial charge in [0.05, 0.1) is 19.3 Å². The smallest absolute Gasteiger partial charge is 0.167 e. The number of quaternary nitrogens is 1. The van der Waals surface area contributed by atoms with Gasteiger partial charge in [-0.2, -0.15) is 0 Å². The van der Waals surface area contributed by atoms with Gasteiger partial charge >= 0.3 is 0 Å². The van der Waals surface area contributed by atoms with Crippen LogP contribution in [0.5, 0.6) is 0 Å². The number of rotatable bonds is 6. The minimum atomic E-state index is 0.223. The Balaban J connectivity index is 1.63. The summed E-state index contributed by atoms with van der Waals surface area (Å²) in [5.74, 6) is 0. The number of hydrogen-bond donors (Lipinski definition) is 3. The molecule has 2 aromatic rings. The summed E-state index contributed by atoms with van der Waals surface area (Å²) in [4.78, 5) is 1.55. The fraction of sp³-hybridized carbons (Fsp3) is 0.381. The first kappa shape index (κ1) is 18.8. The maximum absolute atomic E-state index is 5.55. The van der Waals surface area contributed by atoms with Crippen molar-refractivity contribution in [3.05, 3.63) is 71.8 Å². The highest BCUT2D eigenvalue weighted by molar-refractivity contribution is 7.80. The molecule has 0 aliphatic carbocycles. The van der Waals surface area contributed by atoms with Gasteiger partial charge in [0, 0.05) is 12.1 Å².